The Hall–Kier alpha value is -0.940. The molecule has 2 unspecified atom stereocenters. The van der Waals surface area contributed by atoms with Crippen LogP contribution in [0.2, 0.25) is 0 Å². The van der Waals surface area contributed by atoms with Crippen LogP contribution in [0.3, 0.4) is 0 Å². The molecule has 0 fully saturated rings. The van der Waals surface area contributed by atoms with Gasteiger partial charge in [0.25, 0.3) is 0 Å². The van der Waals surface area contributed by atoms with Crippen molar-refractivity contribution in [2.24, 2.45) is 11.8 Å². The van der Waals surface area contributed by atoms with Gasteiger partial charge in [0.05, 0.1) is 12.5 Å². The lowest BCUT2D eigenvalue weighted by Gasteiger charge is -2.22. The van der Waals surface area contributed by atoms with Crippen LogP contribution in [0.15, 0.2) is 0 Å². The number of carbonyl (C=O) groups excluding carboxylic acids is 2. The molecule has 0 aliphatic carbocycles. The molecule has 0 saturated heterocycles. The Balaban J connectivity index is 4.49. The summed E-state index contributed by atoms with van der Waals surface area (Å²) in [6.45, 7) is 4.51. The Morgan fingerprint density at radius 1 is 0.571 bits per heavy atom. The molecule has 5 heteroatoms. The monoisotopic (exact) mass is 497 g/mol. The summed E-state index contributed by atoms with van der Waals surface area (Å²) in [6, 6.07) is 0. The number of aliphatic hydroxyl groups is 2. The summed E-state index contributed by atoms with van der Waals surface area (Å²) >= 11 is 0. The van der Waals surface area contributed by atoms with Crippen LogP contribution in [-0.2, 0) is 9.59 Å². The molecule has 0 aromatic heterocycles. The summed E-state index contributed by atoms with van der Waals surface area (Å²) in [5.74, 6) is -1.15. The first kappa shape index (κ1) is 34.1. The van der Waals surface area contributed by atoms with Gasteiger partial charge in [0.1, 0.15) is 5.78 Å². The Morgan fingerprint density at radius 3 is 1.43 bits per heavy atom. The number of ketones is 1. The normalized spacial score (nSPS) is 13.0. The van der Waals surface area contributed by atoms with Crippen LogP contribution in [0.5, 0.6) is 0 Å². The van der Waals surface area contributed by atoms with Crippen molar-refractivity contribution in [3.8, 4) is 0 Å². The van der Waals surface area contributed by atoms with Gasteiger partial charge in [0.15, 0.2) is 0 Å². The predicted molar refractivity (Wildman–Crippen MR) is 147 cm³/mol. The molecule has 0 aromatic rings. The second-order valence-corrected chi connectivity index (χ2v) is 10.4. The predicted octanol–water partition coefficient (Wildman–Crippen LogP) is 7.12. The number of aliphatic hydroxyl groups excluding tert-OH is 2. The van der Waals surface area contributed by atoms with E-state index >= 15 is 0 Å². The average molecular weight is 498 g/mol. The first-order valence-corrected chi connectivity index (χ1v) is 15.1. The zero-order valence-electron chi connectivity index (χ0n) is 23.3. The van der Waals surface area contributed by atoms with E-state index in [-0.39, 0.29) is 37.4 Å². The molecule has 0 saturated carbocycles. The van der Waals surface area contributed by atoms with Crippen LogP contribution in [-0.4, -0.2) is 41.7 Å². The van der Waals surface area contributed by atoms with Crippen LogP contribution in [0, 0.1) is 11.8 Å². The van der Waals surface area contributed by atoms with Crippen molar-refractivity contribution >= 4 is 11.7 Å². The second-order valence-electron chi connectivity index (χ2n) is 10.4. The van der Waals surface area contributed by atoms with Crippen molar-refractivity contribution in [2.45, 2.75) is 149 Å². The van der Waals surface area contributed by atoms with Crippen molar-refractivity contribution in [3.05, 3.63) is 0 Å². The largest absolute Gasteiger partial charge is 0.396 e. The number of carbonyl (C=O) groups is 2. The van der Waals surface area contributed by atoms with Gasteiger partial charge in [0, 0.05) is 19.1 Å². The van der Waals surface area contributed by atoms with E-state index in [1.807, 2.05) is 0 Å². The molecule has 0 aliphatic rings. The molecule has 0 aliphatic heterocycles. The fourth-order valence-corrected chi connectivity index (χ4v) is 4.93. The van der Waals surface area contributed by atoms with Crippen molar-refractivity contribution < 1.29 is 19.8 Å². The summed E-state index contributed by atoms with van der Waals surface area (Å²) in [5.41, 5.74) is 0. The highest BCUT2D eigenvalue weighted by molar-refractivity contribution is 6.02. The average Bonchev–Trinajstić information content (AvgIpc) is 2.86. The van der Waals surface area contributed by atoms with Crippen LogP contribution < -0.4 is 5.32 Å². The molecule has 0 bridgehead atoms. The minimum atomic E-state index is -0.652. The second kappa shape index (κ2) is 26.1. The lowest BCUT2D eigenvalue weighted by Crippen LogP contribution is -2.39. The number of unbranched alkanes of at least 4 members (excludes halogenated alkanes) is 16. The number of hydrogen-bond donors (Lipinski definition) is 3. The SMILES string of the molecule is CCCCCCCCCCCCC(C(=O)NCCO)C(=O)C(CCO)CCCCCCCCCC. The smallest absolute Gasteiger partial charge is 0.230 e. The molecule has 0 rings (SSSR count). The standard InChI is InChI=1S/C30H59NO4/c1-3-5-7-9-11-13-14-16-18-20-22-28(30(35)31-24-26-33)29(34)27(23-25-32)21-19-17-15-12-10-8-6-4-2/h27-28,32-33H,3-26H2,1-2H3,(H,31,35). The number of hydrogen-bond acceptors (Lipinski definition) is 4. The van der Waals surface area contributed by atoms with Gasteiger partial charge in [-0.25, -0.2) is 0 Å². The zero-order valence-corrected chi connectivity index (χ0v) is 23.3. The molecular formula is C30H59NO4. The fraction of sp³-hybridized carbons (Fsp3) is 0.933. The number of amides is 1. The quantitative estimate of drug-likeness (QED) is 0.0833. The van der Waals surface area contributed by atoms with Gasteiger partial charge in [-0.15, -0.1) is 0 Å². The lowest BCUT2D eigenvalue weighted by atomic mass is 9.83. The summed E-state index contributed by atoms with van der Waals surface area (Å²) in [5, 5.41) is 21.4. The van der Waals surface area contributed by atoms with Crippen LogP contribution >= 0.6 is 0 Å². The Bertz CT molecular complexity index is 483. The highest BCUT2D eigenvalue weighted by Crippen LogP contribution is 2.24. The van der Waals surface area contributed by atoms with E-state index in [2.05, 4.69) is 19.2 Å². The molecule has 35 heavy (non-hydrogen) atoms. The summed E-state index contributed by atoms with van der Waals surface area (Å²) < 4.78 is 0. The summed E-state index contributed by atoms with van der Waals surface area (Å²) in [4.78, 5) is 26.1. The van der Waals surface area contributed by atoms with Crippen LogP contribution in [0.4, 0.5) is 0 Å². The molecule has 0 heterocycles. The maximum absolute atomic E-state index is 13.3. The molecule has 2 atom stereocenters. The zero-order chi connectivity index (χ0) is 26.0. The van der Waals surface area contributed by atoms with Crippen molar-refractivity contribution in [1.29, 1.82) is 0 Å². The molecule has 5 nitrogen and oxygen atoms in total. The molecule has 0 radical (unpaired) electrons. The van der Waals surface area contributed by atoms with E-state index in [0.717, 1.165) is 38.5 Å². The van der Waals surface area contributed by atoms with E-state index in [4.69, 9.17) is 5.11 Å². The lowest BCUT2D eigenvalue weighted by molar-refractivity contribution is -0.137. The first-order chi connectivity index (χ1) is 17.1. The van der Waals surface area contributed by atoms with E-state index in [9.17, 15) is 14.7 Å². The van der Waals surface area contributed by atoms with Gasteiger partial charge < -0.3 is 15.5 Å². The minimum Gasteiger partial charge on any atom is -0.396 e. The number of Topliss-reactive ketones (excluding diaryl/α,β-unsaturated/α-hetero) is 1. The molecule has 1 amide bonds. The maximum atomic E-state index is 13.3. The van der Waals surface area contributed by atoms with E-state index in [0.29, 0.717) is 12.8 Å². The Labute approximate surface area is 217 Å². The van der Waals surface area contributed by atoms with Gasteiger partial charge in [-0.05, 0) is 19.3 Å². The van der Waals surface area contributed by atoms with Crippen LogP contribution in [0.1, 0.15) is 149 Å². The van der Waals surface area contributed by atoms with Crippen LogP contribution in [0.25, 0.3) is 0 Å². The fourth-order valence-electron chi connectivity index (χ4n) is 4.93. The van der Waals surface area contributed by atoms with E-state index in [1.54, 1.807) is 0 Å². The van der Waals surface area contributed by atoms with Gasteiger partial charge in [-0.2, -0.15) is 0 Å². The van der Waals surface area contributed by atoms with Crippen molar-refractivity contribution in [1.82, 2.24) is 5.32 Å². The molecule has 0 spiro atoms. The van der Waals surface area contributed by atoms with Crippen molar-refractivity contribution in [2.75, 3.05) is 19.8 Å². The first-order valence-electron chi connectivity index (χ1n) is 15.1. The summed E-state index contributed by atoms with van der Waals surface area (Å²) in [7, 11) is 0. The van der Waals surface area contributed by atoms with Crippen molar-refractivity contribution in [3.63, 3.8) is 0 Å². The van der Waals surface area contributed by atoms with E-state index in [1.165, 1.54) is 83.5 Å². The number of rotatable bonds is 27. The van der Waals surface area contributed by atoms with Gasteiger partial charge in [-0.3, -0.25) is 9.59 Å². The Morgan fingerprint density at radius 2 is 1.00 bits per heavy atom. The minimum absolute atomic E-state index is 0.00615. The molecule has 3 N–H and O–H groups in total. The maximum Gasteiger partial charge on any atom is 0.230 e. The highest BCUT2D eigenvalue weighted by atomic mass is 16.3. The topological polar surface area (TPSA) is 86.6 Å². The molecule has 0 aromatic carbocycles. The highest BCUT2D eigenvalue weighted by Gasteiger charge is 2.31. The molecule has 208 valence electrons. The molecular weight excluding hydrogens is 438 g/mol. The van der Waals surface area contributed by atoms with E-state index < -0.39 is 5.92 Å². The Kier molecular flexibility index (Phi) is 25.4. The summed E-state index contributed by atoms with van der Waals surface area (Å²) in [6.07, 6.45) is 23.7. The third kappa shape index (κ3) is 19.9. The van der Waals surface area contributed by atoms with Gasteiger partial charge >= 0.3 is 0 Å². The number of nitrogens with one attached hydrogen (secondary N) is 1. The third-order valence-corrected chi connectivity index (χ3v) is 7.20. The van der Waals surface area contributed by atoms with Gasteiger partial charge in [0.2, 0.25) is 5.91 Å². The third-order valence-electron chi connectivity index (χ3n) is 7.20. The van der Waals surface area contributed by atoms with Gasteiger partial charge in [-0.1, -0.05) is 129 Å².